The van der Waals surface area contributed by atoms with Crippen LogP contribution in [0.4, 0.5) is 0 Å². The van der Waals surface area contributed by atoms with Gasteiger partial charge in [-0.15, -0.1) is 0 Å². The maximum Gasteiger partial charge on any atom is 0.244 e. The van der Waals surface area contributed by atoms with E-state index in [9.17, 15) is 9.59 Å². The Morgan fingerprint density at radius 3 is 2.40 bits per heavy atom. The molecule has 0 aliphatic rings. The van der Waals surface area contributed by atoms with Crippen molar-refractivity contribution in [1.82, 2.24) is 20.4 Å². The number of aromatic nitrogens is 2. The summed E-state index contributed by atoms with van der Waals surface area (Å²) in [6, 6.07) is 19.9. The van der Waals surface area contributed by atoms with Crippen molar-refractivity contribution in [1.29, 1.82) is 0 Å². The Kier molecular flexibility index (Phi) is 7.55. The average Bonchev–Trinajstić information content (AvgIpc) is 3.18. The lowest BCUT2D eigenvalue weighted by atomic mass is 10.1. The van der Waals surface area contributed by atoms with Gasteiger partial charge < -0.3 is 10.6 Å². The van der Waals surface area contributed by atoms with E-state index in [1.165, 1.54) is 6.08 Å². The van der Waals surface area contributed by atoms with Gasteiger partial charge in [-0.1, -0.05) is 67.6 Å². The van der Waals surface area contributed by atoms with Crippen LogP contribution in [0.2, 0.25) is 0 Å². The third kappa shape index (κ3) is 6.17. The van der Waals surface area contributed by atoms with Gasteiger partial charge in [-0.05, 0) is 18.1 Å². The summed E-state index contributed by atoms with van der Waals surface area (Å²) in [7, 11) is 0. The molecule has 154 valence electrons. The number of amides is 2. The van der Waals surface area contributed by atoms with E-state index in [4.69, 9.17) is 5.10 Å². The standard InChI is InChI=1S/C24H26N4O2/c1-2-15-25-23(30)16-26-22(29)14-13-21-18-28(17-19-9-5-3-6-10-19)27-24(21)20-11-7-4-8-12-20/h3-14,18H,2,15-17H2,1H3,(H,25,30)(H,26,29)/b14-13+. The van der Waals surface area contributed by atoms with Crippen LogP contribution in [0.1, 0.15) is 24.5 Å². The van der Waals surface area contributed by atoms with Crippen LogP contribution in [0, 0.1) is 0 Å². The summed E-state index contributed by atoms with van der Waals surface area (Å²) in [4.78, 5) is 23.8. The second kappa shape index (κ2) is 10.8. The molecule has 6 nitrogen and oxygen atoms in total. The van der Waals surface area contributed by atoms with Crippen molar-refractivity contribution in [2.75, 3.05) is 13.1 Å². The van der Waals surface area contributed by atoms with E-state index in [-0.39, 0.29) is 18.4 Å². The van der Waals surface area contributed by atoms with E-state index in [1.807, 2.05) is 66.3 Å². The van der Waals surface area contributed by atoms with Crippen LogP contribution < -0.4 is 10.6 Å². The highest BCUT2D eigenvalue weighted by Crippen LogP contribution is 2.23. The third-order valence-electron chi connectivity index (χ3n) is 4.43. The van der Waals surface area contributed by atoms with Gasteiger partial charge in [0.15, 0.2) is 0 Å². The lowest BCUT2D eigenvalue weighted by molar-refractivity contribution is -0.123. The Balaban J connectivity index is 1.74. The molecule has 0 bridgehead atoms. The van der Waals surface area contributed by atoms with Crippen molar-refractivity contribution >= 4 is 17.9 Å². The van der Waals surface area contributed by atoms with Crippen LogP contribution in [0.15, 0.2) is 72.9 Å². The number of carbonyl (C=O) groups excluding carboxylic acids is 2. The molecule has 0 aliphatic heterocycles. The van der Waals surface area contributed by atoms with Crippen LogP contribution >= 0.6 is 0 Å². The fraction of sp³-hybridized carbons (Fsp3) is 0.208. The minimum Gasteiger partial charge on any atom is -0.355 e. The number of rotatable bonds is 9. The molecule has 3 aromatic rings. The second-order valence-electron chi connectivity index (χ2n) is 6.88. The number of nitrogens with zero attached hydrogens (tertiary/aromatic N) is 2. The van der Waals surface area contributed by atoms with Gasteiger partial charge in [0.05, 0.1) is 18.8 Å². The Bertz CT molecular complexity index is 995. The Morgan fingerprint density at radius 1 is 1.00 bits per heavy atom. The zero-order chi connectivity index (χ0) is 21.2. The van der Waals surface area contributed by atoms with Gasteiger partial charge in [0.1, 0.15) is 0 Å². The van der Waals surface area contributed by atoms with E-state index < -0.39 is 0 Å². The van der Waals surface area contributed by atoms with Crippen LogP contribution in [-0.2, 0) is 16.1 Å². The highest BCUT2D eigenvalue weighted by molar-refractivity contribution is 5.95. The van der Waals surface area contributed by atoms with Crippen LogP contribution in [0.25, 0.3) is 17.3 Å². The van der Waals surface area contributed by atoms with Gasteiger partial charge >= 0.3 is 0 Å². The second-order valence-corrected chi connectivity index (χ2v) is 6.88. The molecule has 2 amide bonds. The quantitative estimate of drug-likeness (QED) is 0.540. The van der Waals surface area contributed by atoms with Crippen molar-refractivity contribution in [2.24, 2.45) is 0 Å². The minimum absolute atomic E-state index is 0.0397. The molecule has 1 heterocycles. The first-order chi connectivity index (χ1) is 14.7. The van der Waals surface area contributed by atoms with E-state index >= 15 is 0 Å². The van der Waals surface area contributed by atoms with Gasteiger partial charge in [0, 0.05) is 29.9 Å². The molecular weight excluding hydrogens is 376 g/mol. The van der Waals surface area contributed by atoms with E-state index in [0.29, 0.717) is 13.1 Å². The smallest absolute Gasteiger partial charge is 0.244 e. The van der Waals surface area contributed by atoms with Crippen molar-refractivity contribution < 1.29 is 9.59 Å². The molecule has 2 N–H and O–H groups in total. The lowest BCUT2D eigenvalue weighted by Gasteiger charge is -2.03. The summed E-state index contributed by atoms with van der Waals surface area (Å²) in [6.07, 6.45) is 5.95. The van der Waals surface area contributed by atoms with Gasteiger partial charge in [0.2, 0.25) is 11.8 Å². The summed E-state index contributed by atoms with van der Waals surface area (Å²) in [5.74, 6) is -0.518. The van der Waals surface area contributed by atoms with Crippen molar-refractivity contribution in [3.05, 3.63) is 84.1 Å². The summed E-state index contributed by atoms with van der Waals surface area (Å²) >= 11 is 0. The molecule has 0 saturated carbocycles. The monoisotopic (exact) mass is 402 g/mol. The summed E-state index contributed by atoms with van der Waals surface area (Å²) in [5.41, 5.74) is 3.76. The number of nitrogens with one attached hydrogen (secondary N) is 2. The first-order valence-corrected chi connectivity index (χ1v) is 10.0. The molecule has 2 aromatic carbocycles. The summed E-state index contributed by atoms with van der Waals surface area (Å²) in [6.45, 7) is 3.18. The lowest BCUT2D eigenvalue weighted by Crippen LogP contribution is -2.36. The molecule has 0 radical (unpaired) electrons. The van der Waals surface area contributed by atoms with Crippen molar-refractivity contribution in [3.8, 4) is 11.3 Å². The number of benzene rings is 2. The molecule has 0 fully saturated rings. The first-order valence-electron chi connectivity index (χ1n) is 10.0. The normalized spacial score (nSPS) is 10.8. The van der Waals surface area contributed by atoms with E-state index in [1.54, 1.807) is 6.08 Å². The maximum atomic E-state index is 12.1. The average molecular weight is 402 g/mol. The van der Waals surface area contributed by atoms with Gasteiger partial charge in [-0.2, -0.15) is 5.10 Å². The molecule has 0 aliphatic carbocycles. The van der Waals surface area contributed by atoms with Crippen molar-refractivity contribution in [2.45, 2.75) is 19.9 Å². The fourth-order valence-electron chi connectivity index (χ4n) is 2.95. The highest BCUT2D eigenvalue weighted by atomic mass is 16.2. The summed E-state index contributed by atoms with van der Waals surface area (Å²) in [5, 5.41) is 10.1. The first kappa shape index (κ1) is 21.0. The molecule has 1 aromatic heterocycles. The predicted octanol–water partition coefficient (Wildman–Crippen LogP) is 3.25. The zero-order valence-corrected chi connectivity index (χ0v) is 17.0. The minimum atomic E-state index is -0.323. The molecular formula is C24H26N4O2. The molecule has 6 heteroatoms. The van der Waals surface area contributed by atoms with Crippen LogP contribution in [0.3, 0.4) is 0 Å². The number of hydrogen-bond acceptors (Lipinski definition) is 3. The molecule has 0 atom stereocenters. The molecule has 3 rings (SSSR count). The molecule has 0 saturated heterocycles. The maximum absolute atomic E-state index is 12.1. The van der Waals surface area contributed by atoms with E-state index in [0.717, 1.165) is 28.8 Å². The Morgan fingerprint density at radius 2 is 1.70 bits per heavy atom. The third-order valence-corrected chi connectivity index (χ3v) is 4.43. The molecule has 0 unspecified atom stereocenters. The van der Waals surface area contributed by atoms with Gasteiger partial charge in [0.25, 0.3) is 0 Å². The van der Waals surface area contributed by atoms with Gasteiger partial charge in [-0.3, -0.25) is 14.3 Å². The topological polar surface area (TPSA) is 76.0 Å². The molecule has 30 heavy (non-hydrogen) atoms. The number of hydrogen-bond donors (Lipinski definition) is 2. The van der Waals surface area contributed by atoms with E-state index in [2.05, 4.69) is 22.8 Å². The van der Waals surface area contributed by atoms with Crippen LogP contribution in [0.5, 0.6) is 0 Å². The number of carbonyl (C=O) groups is 2. The molecule has 0 spiro atoms. The highest BCUT2D eigenvalue weighted by Gasteiger charge is 2.10. The van der Waals surface area contributed by atoms with Crippen LogP contribution in [-0.4, -0.2) is 34.7 Å². The SMILES string of the molecule is CCCNC(=O)CNC(=O)/C=C/c1cn(Cc2ccccc2)nc1-c1ccccc1. The fourth-order valence-corrected chi connectivity index (χ4v) is 2.95. The van der Waals surface area contributed by atoms with Gasteiger partial charge in [-0.25, -0.2) is 0 Å². The summed E-state index contributed by atoms with van der Waals surface area (Å²) < 4.78 is 1.87. The Hall–Kier alpha value is -3.67. The predicted molar refractivity (Wildman–Crippen MR) is 119 cm³/mol. The zero-order valence-electron chi connectivity index (χ0n) is 17.0. The Labute approximate surface area is 176 Å². The van der Waals surface area contributed by atoms with Crippen molar-refractivity contribution in [3.63, 3.8) is 0 Å². The largest absolute Gasteiger partial charge is 0.355 e.